The summed E-state index contributed by atoms with van der Waals surface area (Å²) in [5.74, 6) is 0. The molecular formula is C8H12INO3S2. The molecule has 0 saturated carbocycles. The molecule has 3 rings (SSSR count). The minimum absolute atomic E-state index is 0.0820. The van der Waals surface area contributed by atoms with Crippen LogP contribution in [0.1, 0.15) is 6.42 Å². The zero-order valence-electron chi connectivity index (χ0n) is 8.17. The van der Waals surface area contributed by atoms with E-state index in [0.29, 0.717) is 9.86 Å². The minimum Gasteiger partial charge on any atom is -0.365 e. The van der Waals surface area contributed by atoms with Gasteiger partial charge in [0.15, 0.2) is 0 Å². The zero-order valence-corrected chi connectivity index (χ0v) is 12.0. The van der Waals surface area contributed by atoms with Crippen LogP contribution in [0, 0.1) is 0 Å². The van der Waals surface area contributed by atoms with Crippen molar-refractivity contribution in [1.82, 2.24) is 4.31 Å². The van der Waals surface area contributed by atoms with Gasteiger partial charge in [-0.2, -0.15) is 4.31 Å². The summed E-state index contributed by atoms with van der Waals surface area (Å²) < 4.78 is 31.9. The highest BCUT2D eigenvalue weighted by atomic mass is 127. The number of hydrogen-bond acceptors (Lipinski definition) is 4. The third-order valence-corrected chi connectivity index (χ3v) is 8.22. The fourth-order valence-corrected chi connectivity index (χ4v) is 8.09. The molecule has 3 saturated heterocycles. The second-order valence-electron chi connectivity index (χ2n) is 4.21. The Kier molecular flexibility index (Phi) is 2.56. The molecule has 0 aliphatic carbocycles. The summed E-state index contributed by atoms with van der Waals surface area (Å²) in [6.07, 6.45) is 0.884. The Bertz CT molecular complexity index is 387. The van der Waals surface area contributed by atoms with E-state index in [-0.39, 0.29) is 22.6 Å². The Morgan fingerprint density at radius 2 is 2.33 bits per heavy atom. The van der Waals surface area contributed by atoms with Crippen LogP contribution in [0.15, 0.2) is 0 Å². The number of rotatable bonds is 2. The SMILES string of the molecule is CN1C2C(OCI)C3CC(C2S3)S1(=O)=O. The summed E-state index contributed by atoms with van der Waals surface area (Å²) >= 11 is 3.99. The molecule has 0 amide bonds. The normalized spacial score (nSPS) is 51.5. The number of fused-ring (bicyclic) bond motifs is 1. The van der Waals surface area contributed by atoms with Crippen molar-refractivity contribution in [1.29, 1.82) is 0 Å². The van der Waals surface area contributed by atoms with Gasteiger partial charge in [0.25, 0.3) is 0 Å². The van der Waals surface area contributed by atoms with E-state index in [4.69, 9.17) is 4.74 Å². The maximum atomic E-state index is 12.0. The molecule has 5 atom stereocenters. The molecule has 3 aliphatic rings. The van der Waals surface area contributed by atoms with Gasteiger partial charge in [0, 0.05) is 17.5 Å². The molecule has 5 unspecified atom stereocenters. The van der Waals surface area contributed by atoms with E-state index < -0.39 is 10.0 Å². The number of alkyl halides is 1. The molecule has 0 aromatic rings. The van der Waals surface area contributed by atoms with Crippen LogP contribution in [-0.4, -0.2) is 52.3 Å². The molecule has 0 aromatic heterocycles. The quantitative estimate of drug-likeness (QED) is 0.536. The van der Waals surface area contributed by atoms with E-state index in [1.807, 2.05) is 11.8 Å². The molecule has 3 heterocycles. The van der Waals surface area contributed by atoms with Gasteiger partial charge in [-0.25, -0.2) is 8.42 Å². The van der Waals surface area contributed by atoms with Crippen molar-refractivity contribution >= 4 is 44.4 Å². The first-order chi connectivity index (χ1) is 7.07. The predicted molar refractivity (Wildman–Crippen MR) is 67.8 cm³/mol. The van der Waals surface area contributed by atoms with Crippen LogP contribution in [0.5, 0.6) is 0 Å². The van der Waals surface area contributed by atoms with Crippen molar-refractivity contribution in [3.05, 3.63) is 0 Å². The lowest BCUT2D eigenvalue weighted by Gasteiger charge is -2.26. The lowest BCUT2D eigenvalue weighted by Crippen LogP contribution is -2.44. The Morgan fingerprint density at radius 1 is 1.60 bits per heavy atom. The van der Waals surface area contributed by atoms with Gasteiger partial charge in [-0.05, 0) is 6.42 Å². The standard InChI is InChI=1S/C8H12INO3S2/c1-10-6-7(13-3-9)4-2-5(8(6)14-4)15(10,11)12/h4-8H,2-3H2,1H3. The Morgan fingerprint density at radius 3 is 3.00 bits per heavy atom. The fourth-order valence-electron chi connectivity index (χ4n) is 2.99. The van der Waals surface area contributed by atoms with E-state index in [2.05, 4.69) is 22.6 Å². The van der Waals surface area contributed by atoms with Gasteiger partial charge in [0.1, 0.15) is 0 Å². The average molecular weight is 361 g/mol. The molecule has 2 bridgehead atoms. The third-order valence-electron chi connectivity index (χ3n) is 3.66. The van der Waals surface area contributed by atoms with Crippen LogP contribution in [0.25, 0.3) is 0 Å². The molecule has 0 spiro atoms. The summed E-state index contributed by atoms with van der Waals surface area (Å²) in [6, 6.07) is 0.0820. The van der Waals surface area contributed by atoms with Gasteiger partial charge in [0.2, 0.25) is 10.0 Å². The Hall–Kier alpha value is 0.950. The van der Waals surface area contributed by atoms with Gasteiger partial charge in [-0.3, -0.25) is 0 Å². The van der Waals surface area contributed by atoms with Crippen molar-refractivity contribution in [2.24, 2.45) is 0 Å². The van der Waals surface area contributed by atoms with Crippen molar-refractivity contribution in [3.8, 4) is 0 Å². The lowest BCUT2D eigenvalue weighted by molar-refractivity contribution is 0.0463. The minimum atomic E-state index is -3.03. The topological polar surface area (TPSA) is 46.6 Å². The third kappa shape index (κ3) is 1.30. The number of likely N-dealkylation sites (N-methyl/N-ethyl adjacent to an activating group) is 1. The first-order valence-corrected chi connectivity index (χ1v) is 8.84. The van der Waals surface area contributed by atoms with Crippen LogP contribution in [0.3, 0.4) is 0 Å². The summed E-state index contributed by atoms with van der Waals surface area (Å²) in [4.78, 5) is 0. The van der Waals surface area contributed by atoms with Crippen LogP contribution in [-0.2, 0) is 14.8 Å². The molecule has 15 heavy (non-hydrogen) atoms. The molecule has 0 aromatic carbocycles. The summed E-state index contributed by atoms with van der Waals surface area (Å²) in [5.41, 5.74) is 0. The second kappa shape index (κ2) is 3.47. The molecule has 0 radical (unpaired) electrons. The number of ether oxygens (including phenoxy) is 1. The first kappa shape index (κ1) is 11.1. The highest BCUT2D eigenvalue weighted by Crippen LogP contribution is 2.56. The smallest absolute Gasteiger partial charge is 0.218 e. The first-order valence-electron chi connectivity index (χ1n) is 4.87. The number of nitrogens with zero attached hydrogens (tertiary/aromatic N) is 1. The molecule has 3 fully saturated rings. The van der Waals surface area contributed by atoms with Gasteiger partial charge in [0.05, 0.1) is 22.0 Å². The number of halogens is 1. The molecule has 3 aliphatic heterocycles. The molecular weight excluding hydrogens is 349 g/mol. The van der Waals surface area contributed by atoms with Crippen LogP contribution in [0.2, 0.25) is 0 Å². The highest BCUT2D eigenvalue weighted by molar-refractivity contribution is 14.1. The van der Waals surface area contributed by atoms with Crippen LogP contribution >= 0.6 is 34.4 Å². The van der Waals surface area contributed by atoms with E-state index in [9.17, 15) is 8.42 Å². The predicted octanol–water partition coefficient (Wildman–Crippen LogP) is 0.664. The molecule has 0 N–H and O–H groups in total. The molecule has 86 valence electrons. The fraction of sp³-hybridized carbons (Fsp3) is 1.00. The molecule has 7 heteroatoms. The summed E-state index contributed by atoms with van der Waals surface area (Å²) in [6.45, 7) is 0. The van der Waals surface area contributed by atoms with E-state index in [0.717, 1.165) is 6.42 Å². The van der Waals surface area contributed by atoms with E-state index >= 15 is 0 Å². The maximum absolute atomic E-state index is 12.0. The monoisotopic (exact) mass is 361 g/mol. The summed E-state index contributed by atoms with van der Waals surface area (Å²) in [7, 11) is -1.33. The van der Waals surface area contributed by atoms with Crippen molar-refractivity contribution in [2.45, 2.75) is 34.3 Å². The lowest BCUT2D eigenvalue weighted by atomic mass is 9.92. The van der Waals surface area contributed by atoms with Gasteiger partial charge in [-0.15, -0.1) is 11.8 Å². The number of sulfonamides is 1. The zero-order chi connectivity index (χ0) is 10.8. The molecule has 4 nitrogen and oxygen atoms in total. The van der Waals surface area contributed by atoms with E-state index in [1.165, 1.54) is 0 Å². The van der Waals surface area contributed by atoms with Crippen molar-refractivity contribution in [2.75, 3.05) is 11.7 Å². The van der Waals surface area contributed by atoms with Gasteiger partial charge >= 0.3 is 0 Å². The van der Waals surface area contributed by atoms with E-state index in [1.54, 1.807) is 11.4 Å². The Labute approximate surface area is 107 Å². The van der Waals surface area contributed by atoms with Crippen molar-refractivity contribution < 1.29 is 13.2 Å². The Balaban J connectivity index is 1.99. The van der Waals surface area contributed by atoms with Crippen LogP contribution in [0.4, 0.5) is 0 Å². The second-order valence-corrected chi connectivity index (χ2v) is 8.46. The van der Waals surface area contributed by atoms with Gasteiger partial charge in [-0.1, -0.05) is 22.6 Å². The maximum Gasteiger partial charge on any atom is 0.218 e. The largest absolute Gasteiger partial charge is 0.365 e. The summed E-state index contributed by atoms with van der Waals surface area (Å²) in [5, 5.41) is 0.494. The number of thioether (sulfide) groups is 1. The van der Waals surface area contributed by atoms with Gasteiger partial charge < -0.3 is 4.74 Å². The highest BCUT2D eigenvalue weighted by Gasteiger charge is 2.66. The number of hydrogen-bond donors (Lipinski definition) is 0. The van der Waals surface area contributed by atoms with Crippen LogP contribution < -0.4 is 0 Å². The van der Waals surface area contributed by atoms with Crippen molar-refractivity contribution in [3.63, 3.8) is 0 Å². The average Bonchev–Trinajstić information content (AvgIpc) is 2.77.